The van der Waals surface area contributed by atoms with Crippen LogP contribution in [0.2, 0.25) is 0 Å². The topological polar surface area (TPSA) is 95.9 Å². The number of ether oxygens (including phenoxy) is 1. The number of methoxy groups -OCH3 is 1. The normalized spacial score (nSPS) is 24.5. The summed E-state index contributed by atoms with van der Waals surface area (Å²) in [4.78, 5) is 8.90. The van der Waals surface area contributed by atoms with Crippen LogP contribution in [0.25, 0.3) is 0 Å². The van der Waals surface area contributed by atoms with Crippen molar-refractivity contribution in [3.8, 4) is 0 Å². The number of nitrogens with zero attached hydrogens (tertiary/aromatic N) is 1. The van der Waals surface area contributed by atoms with Gasteiger partial charge in [0.1, 0.15) is 0 Å². The largest absolute Gasteiger partial charge is 0.490 e. The zero-order valence-corrected chi connectivity index (χ0v) is 14.4. The molecule has 0 aromatic heterocycles. The van der Waals surface area contributed by atoms with E-state index in [-0.39, 0.29) is 11.5 Å². The number of aliphatic carboxylic acids is 1. The van der Waals surface area contributed by atoms with E-state index in [1.165, 1.54) is 6.26 Å². The highest BCUT2D eigenvalue weighted by atomic mass is 32.2. The van der Waals surface area contributed by atoms with Crippen molar-refractivity contribution in [2.24, 2.45) is 5.41 Å². The molecule has 2 aliphatic heterocycles. The summed E-state index contributed by atoms with van der Waals surface area (Å²) in [6.45, 7) is 3.17. The van der Waals surface area contributed by atoms with Crippen LogP contribution in [0.5, 0.6) is 0 Å². The Morgan fingerprint density at radius 2 is 1.88 bits per heavy atom. The molecule has 0 aromatic rings. The van der Waals surface area contributed by atoms with Crippen LogP contribution in [0.4, 0.5) is 13.2 Å². The standard InChI is InChI=1S/C11H22N2O3S.C2HF3O2/c1-16-8-10-7-11(3-5-12-6-4-11)9-13(10)17(2,14)15;3-2(4,5)1(6)7/h10,12H,3-9H2,1-2H3;(H,6,7). The molecule has 0 saturated carbocycles. The van der Waals surface area contributed by atoms with Crippen molar-refractivity contribution >= 4 is 16.0 Å². The number of halogens is 3. The van der Waals surface area contributed by atoms with Gasteiger partial charge in [0.25, 0.3) is 0 Å². The minimum atomic E-state index is -5.08. The second-order valence-electron chi connectivity index (χ2n) is 6.17. The van der Waals surface area contributed by atoms with Crippen LogP contribution in [0.3, 0.4) is 0 Å². The molecule has 0 bridgehead atoms. The molecule has 11 heteroatoms. The number of rotatable bonds is 3. The van der Waals surface area contributed by atoms with Crippen LogP contribution in [0, 0.1) is 5.41 Å². The van der Waals surface area contributed by atoms with E-state index in [2.05, 4.69) is 5.32 Å². The first-order valence-electron chi connectivity index (χ1n) is 7.38. The number of carboxylic acid groups (broad SMARTS) is 1. The van der Waals surface area contributed by atoms with Crippen LogP contribution in [-0.2, 0) is 19.6 Å². The Hall–Kier alpha value is -0.910. The van der Waals surface area contributed by atoms with Crippen LogP contribution in [0.15, 0.2) is 0 Å². The van der Waals surface area contributed by atoms with Gasteiger partial charge in [-0.2, -0.15) is 17.5 Å². The van der Waals surface area contributed by atoms with E-state index in [1.54, 1.807) is 11.4 Å². The number of piperidine rings is 1. The molecular weight excluding hydrogens is 353 g/mol. The van der Waals surface area contributed by atoms with E-state index in [0.717, 1.165) is 32.4 Å². The molecule has 1 atom stereocenters. The number of carbonyl (C=O) groups is 1. The van der Waals surface area contributed by atoms with Gasteiger partial charge in [-0.1, -0.05) is 0 Å². The van der Waals surface area contributed by atoms with Gasteiger partial charge in [0.05, 0.1) is 12.9 Å². The van der Waals surface area contributed by atoms with Crippen molar-refractivity contribution in [2.75, 3.05) is 39.6 Å². The molecule has 0 aromatic carbocycles. The summed E-state index contributed by atoms with van der Waals surface area (Å²) in [5.74, 6) is -2.76. The molecule has 142 valence electrons. The van der Waals surface area contributed by atoms with Gasteiger partial charge in [-0.15, -0.1) is 0 Å². The molecule has 2 aliphatic rings. The Bertz CT molecular complexity index is 532. The summed E-state index contributed by atoms with van der Waals surface area (Å²) >= 11 is 0. The van der Waals surface area contributed by atoms with E-state index in [1.807, 2.05) is 0 Å². The molecule has 2 rings (SSSR count). The molecule has 2 fully saturated rings. The maximum absolute atomic E-state index is 11.8. The van der Waals surface area contributed by atoms with Gasteiger partial charge >= 0.3 is 12.1 Å². The lowest BCUT2D eigenvalue weighted by molar-refractivity contribution is -0.192. The first kappa shape index (κ1) is 21.1. The van der Waals surface area contributed by atoms with E-state index >= 15 is 0 Å². The van der Waals surface area contributed by atoms with Crippen molar-refractivity contribution in [1.82, 2.24) is 9.62 Å². The van der Waals surface area contributed by atoms with Crippen molar-refractivity contribution in [2.45, 2.75) is 31.5 Å². The van der Waals surface area contributed by atoms with E-state index in [0.29, 0.717) is 13.2 Å². The summed E-state index contributed by atoms with van der Waals surface area (Å²) in [6, 6.07) is 0.0214. The quantitative estimate of drug-likeness (QED) is 0.752. The summed E-state index contributed by atoms with van der Waals surface area (Å²) in [5.41, 5.74) is 0.178. The summed E-state index contributed by atoms with van der Waals surface area (Å²) in [6.07, 6.45) is -0.705. The van der Waals surface area contributed by atoms with E-state index in [9.17, 15) is 21.6 Å². The average molecular weight is 376 g/mol. The molecule has 1 spiro atoms. The zero-order valence-electron chi connectivity index (χ0n) is 13.6. The van der Waals surface area contributed by atoms with Gasteiger partial charge < -0.3 is 15.2 Å². The number of hydrogen-bond acceptors (Lipinski definition) is 5. The molecule has 0 amide bonds. The monoisotopic (exact) mass is 376 g/mol. The van der Waals surface area contributed by atoms with E-state index in [4.69, 9.17) is 14.6 Å². The van der Waals surface area contributed by atoms with Crippen LogP contribution < -0.4 is 5.32 Å². The number of carboxylic acids is 1. The summed E-state index contributed by atoms with van der Waals surface area (Å²) in [5, 5.41) is 10.5. The van der Waals surface area contributed by atoms with Crippen LogP contribution in [-0.4, -0.2) is 75.6 Å². The lowest BCUT2D eigenvalue weighted by atomic mass is 9.77. The lowest BCUT2D eigenvalue weighted by Crippen LogP contribution is -2.40. The minimum Gasteiger partial charge on any atom is -0.475 e. The average Bonchev–Trinajstić information content (AvgIpc) is 2.78. The van der Waals surface area contributed by atoms with Crippen molar-refractivity contribution in [1.29, 1.82) is 0 Å². The van der Waals surface area contributed by atoms with Crippen LogP contribution >= 0.6 is 0 Å². The number of nitrogens with one attached hydrogen (secondary N) is 1. The molecule has 24 heavy (non-hydrogen) atoms. The van der Waals surface area contributed by atoms with Gasteiger partial charge in [0, 0.05) is 19.7 Å². The number of hydrogen-bond donors (Lipinski definition) is 2. The Balaban J connectivity index is 0.000000351. The predicted octanol–water partition coefficient (Wildman–Crippen LogP) is 0.670. The Kier molecular flexibility index (Phi) is 7.03. The third-order valence-corrected chi connectivity index (χ3v) is 5.54. The fourth-order valence-electron chi connectivity index (χ4n) is 3.17. The van der Waals surface area contributed by atoms with Crippen LogP contribution in [0.1, 0.15) is 19.3 Å². The fourth-order valence-corrected chi connectivity index (χ4v) is 4.35. The molecule has 0 radical (unpaired) electrons. The first-order valence-corrected chi connectivity index (χ1v) is 9.23. The van der Waals surface area contributed by atoms with Gasteiger partial charge in [-0.3, -0.25) is 0 Å². The zero-order chi connectivity index (χ0) is 18.6. The molecule has 2 heterocycles. The first-order chi connectivity index (χ1) is 10.9. The minimum absolute atomic E-state index is 0.0214. The number of alkyl halides is 3. The maximum Gasteiger partial charge on any atom is 0.490 e. The second-order valence-corrected chi connectivity index (χ2v) is 8.11. The SMILES string of the molecule is COCC1CC2(CCNCC2)CN1S(C)(=O)=O.O=C(O)C(F)(F)F. The highest BCUT2D eigenvalue weighted by molar-refractivity contribution is 7.88. The predicted molar refractivity (Wildman–Crippen MR) is 80.1 cm³/mol. The lowest BCUT2D eigenvalue weighted by Gasteiger charge is -2.33. The summed E-state index contributed by atoms with van der Waals surface area (Å²) < 4.78 is 62.1. The van der Waals surface area contributed by atoms with Gasteiger partial charge in [-0.25, -0.2) is 13.2 Å². The Morgan fingerprint density at radius 1 is 1.38 bits per heavy atom. The highest BCUT2D eigenvalue weighted by Crippen LogP contribution is 2.42. The smallest absolute Gasteiger partial charge is 0.475 e. The molecule has 7 nitrogen and oxygen atoms in total. The van der Waals surface area contributed by atoms with Crippen molar-refractivity contribution in [3.05, 3.63) is 0 Å². The van der Waals surface area contributed by atoms with Gasteiger partial charge in [-0.05, 0) is 37.8 Å². The van der Waals surface area contributed by atoms with Gasteiger partial charge in [0.2, 0.25) is 10.0 Å². The second kappa shape index (κ2) is 7.98. The summed E-state index contributed by atoms with van der Waals surface area (Å²) in [7, 11) is -1.48. The molecule has 2 saturated heterocycles. The maximum atomic E-state index is 11.8. The molecule has 1 unspecified atom stereocenters. The van der Waals surface area contributed by atoms with E-state index < -0.39 is 22.2 Å². The molecule has 2 N–H and O–H groups in total. The Morgan fingerprint density at radius 3 is 2.25 bits per heavy atom. The van der Waals surface area contributed by atoms with Crippen molar-refractivity contribution < 1.29 is 36.2 Å². The molecular formula is C13H23F3N2O5S. The third-order valence-electron chi connectivity index (χ3n) is 4.26. The highest BCUT2D eigenvalue weighted by Gasteiger charge is 2.47. The molecule has 0 aliphatic carbocycles. The Labute approximate surface area is 139 Å². The van der Waals surface area contributed by atoms with Gasteiger partial charge in [0.15, 0.2) is 0 Å². The number of sulfonamides is 1. The van der Waals surface area contributed by atoms with Crippen molar-refractivity contribution in [3.63, 3.8) is 0 Å². The third kappa shape index (κ3) is 5.87. The fraction of sp³-hybridized carbons (Fsp3) is 0.923.